The summed E-state index contributed by atoms with van der Waals surface area (Å²) in [5.74, 6) is 0. The van der Waals surface area contributed by atoms with E-state index in [1.807, 2.05) is 40.7 Å². The second-order valence-corrected chi connectivity index (χ2v) is 8.00. The van der Waals surface area contributed by atoms with Gasteiger partial charge in [0.1, 0.15) is 10.8 Å². The molecular formula is C18H25ClN4O2. The van der Waals surface area contributed by atoms with Crippen LogP contribution >= 0.6 is 11.6 Å². The maximum absolute atomic E-state index is 12.6. The highest BCUT2D eigenvalue weighted by Crippen LogP contribution is 2.32. The van der Waals surface area contributed by atoms with Gasteiger partial charge in [0.25, 0.3) is 0 Å². The summed E-state index contributed by atoms with van der Waals surface area (Å²) in [6.07, 6.45) is 2.59. The number of carbonyl (C=O) groups excluding carboxylic acids is 1. The lowest BCUT2D eigenvalue weighted by Crippen LogP contribution is -2.42. The van der Waals surface area contributed by atoms with Crippen molar-refractivity contribution in [3.8, 4) is 0 Å². The monoisotopic (exact) mass is 364 g/mol. The summed E-state index contributed by atoms with van der Waals surface area (Å²) in [6, 6.07) is 1.81. The first-order chi connectivity index (χ1) is 11.7. The number of halogens is 1. The number of aryl methyl sites for hydroxylation is 1. The fraction of sp³-hybridized carbons (Fsp3) is 0.611. The molecule has 1 atom stereocenters. The molecule has 3 rings (SSSR count). The second kappa shape index (κ2) is 6.48. The average molecular weight is 365 g/mol. The maximum Gasteiger partial charge on any atom is 0.410 e. The van der Waals surface area contributed by atoms with Crippen molar-refractivity contribution >= 4 is 23.3 Å². The molecule has 3 heterocycles. The zero-order valence-corrected chi connectivity index (χ0v) is 16.2. The van der Waals surface area contributed by atoms with Gasteiger partial charge in [-0.2, -0.15) is 5.10 Å². The highest BCUT2D eigenvalue weighted by Gasteiger charge is 2.33. The van der Waals surface area contributed by atoms with Gasteiger partial charge in [-0.05, 0) is 53.9 Å². The van der Waals surface area contributed by atoms with E-state index in [0.717, 1.165) is 36.2 Å². The molecule has 2 aromatic rings. The number of hydrogen-bond donors (Lipinski definition) is 0. The number of rotatable bonds is 1. The topological polar surface area (TPSA) is 59.7 Å². The van der Waals surface area contributed by atoms with Crippen LogP contribution in [-0.2, 0) is 4.74 Å². The lowest BCUT2D eigenvalue weighted by Gasteiger charge is -2.35. The molecular weight excluding hydrogens is 340 g/mol. The van der Waals surface area contributed by atoms with E-state index < -0.39 is 5.60 Å². The zero-order chi connectivity index (χ0) is 18.4. The Kier molecular flexibility index (Phi) is 4.66. The van der Waals surface area contributed by atoms with Crippen LogP contribution in [0.3, 0.4) is 0 Å². The molecule has 1 saturated heterocycles. The van der Waals surface area contributed by atoms with Crippen LogP contribution in [-0.4, -0.2) is 37.7 Å². The first kappa shape index (κ1) is 18.0. The van der Waals surface area contributed by atoms with Crippen LogP contribution < -0.4 is 0 Å². The third kappa shape index (κ3) is 3.59. The number of ether oxygens (including phenoxy) is 1. The average Bonchev–Trinajstić information content (AvgIpc) is 2.95. The Hall–Kier alpha value is -1.82. The maximum atomic E-state index is 12.6. The molecule has 2 aromatic heterocycles. The van der Waals surface area contributed by atoms with Crippen LogP contribution in [0, 0.1) is 13.8 Å². The van der Waals surface area contributed by atoms with Crippen molar-refractivity contribution in [2.24, 2.45) is 0 Å². The van der Waals surface area contributed by atoms with Gasteiger partial charge in [-0.15, -0.1) is 0 Å². The van der Waals surface area contributed by atoms with E-state index in [1.54, 1.807) is 9.42 Å². The van der Waals surface area contributed by atoms with E-state index in [-0.39, 0.29) is 12.1 Å². The van der Waals surface area contributed by atoms with E-state index >= 15 is 0 Å². The molecule has 1 amide bonds. The van der Waals surface area contributed by atoms with Gasteiger partial charge in [-0.25, -0.2) is 14.3 Å². The number of likely N-dealkylation sites (tertiary alicyclic amines) is 1. The predicted molar refractivity (Wildman–Crippen MR) is 97.0 cm³/mol. The zero-order valence-electron chi connectivity index (χ0n) is 15.5. The van der Waals surface area contributed by atoms with Gasteiger partial charge in [0.05, 0.1) is 11.7 Å². The lowest BCUT2D eigenvalue weighted by molar-refractivity contribution is 0.00898. The minimum atomic E-state index is -0.517. The summed E-state index contributed by atoms with van der Waals surface area (Å²) < 4.78 is 7.23. The standard InChI is InChI=1S/C18H25ClN4O2/c1-11-12(2)20-15-10-13(21-23(15)16(11)19)14-8-6-7-9-22(14)17(24)25-18(3,4)5/h10,14H,6-9H2,1-5H3. The summed E-state index contributed by atoms with van der Waals surface area (Å²) >= 11 is 6.42. The molecule has 0 saturated carbocycles. The Labute approximate surface area is 153 Å². The molecule has 0 spiro atoms. The highest BCUT2D eigenvalue weighted by molar-refractivity contribution is 6.30. The van der Waals surface area contributed by atoms with Gasteiger partial charge < -0.3 is 4.74 Å². The van der Waals surface area contributed by atoms with Crippen molar-refractivity contribution in [2.45, 2.75) is 65.5 Å². The summed E-state index contributed by atoms with van der Waals surface area (Å²) in [7, 11) is 0. The Bertz CT molecular complexity index is 809. The summed E-state index contributed by atoms with van der Waals surface area (Å²) in [5.41, 5.74) is 2.80. The molecule has 25 heavy (non-hydrogen) atoms. The second-order valence-electron chi connectivity index (χ2n) is 7.64. The molecule has 136 valence electrons. The number of carbonyl (C=O) groups is 1. The first-order valence-electron chi connectivity index (χ1n) is 8.69. The minimum Gasteiger partial charge on any atom is -0.444 e. The Balaban J connectivity index is 1.96. The molecule has 0 aromatic carbocycles. The van der Waals surface area contributed by atoms with E-state index in [9.17, 15) is 4.79 Å². The summed E-state index contributed by atoms with van der Waals surface area (Å²) in [5, 5.41) is 5.20. The molecule has 1 aliphatic heterocycles. The van der Waals surface area contributed by atoms with Crippen molar-refractivity contribution in [3.63, 3.8) is 0 Å². The number of hydrogen-bond acceptors (Lipinski definition) is 4. The molecule has 0 aliphatic carbocycles. The largest absolute Gasteiger partial charge is 0.444 e. The molecule has 1 aliphatic rings. The van der Waals surface area contributed by atoms with E-state index in [1.165, 1.54) is 0 Å². The normalized spacial score (nSPS) is 18.6. The van der Waals surface area contributed by atoms with Gasteiger partial charge in [0, 0.05) is 23.9 Å². The molecule has 0 N–H and O–H groups in total. The number of piperidine rings is 1. The van der Waals surface area contributed by atoms with Crippen LogP contribution in [0.25, 0.3) is 5.65 Å². The minimum absolute atomic E-state index is 0.109. The third-order valence-corrected chi connectivity index (χ3v) is 4.95. The van der Waals surface area contributed by atoms with Gasteiger partial charge >= 0.3 is 6.09 Å². The molecule has 0 bridgehead atoms. The van der Waals surface area contributed by atoms with E-state index in [0.29, 0.717) is 17.3 Å². The predicted octanol–water partition coefficient (Wildman–Crippen LogP) is 4.46. The number of fused-ring (bicyclic) bond motifs is 1. The first-order valence-corrected chi connectivity index (χ1v) is 9.07. The fourth-order valence-corrected chi connectivity index (χ4v) is 3.38. The number of amides is 1. The fourth-order valence-electron chi connectivity index (χ4n) is 3.12. The SMILES string of the molecule is Cc1nc2cc(C3CCCCN3C(=O)OC(C)(C)C)nn2c(Cl)c1C. The Morgan fingerprint density at radius 3 is 2.72 bits per heavy atom. The Morgan fingerprint density at radius 1 is 1.32 bits per heavy atom. The van der Waals surface area contributed by atoms with Crippen LogP contribution in [0.2, 0.25) is 5.15 Å². The van der Waals surface area contributed by atoms with E-state index in [2.05, 4.69) is 10.1 Å². The molecule has 1 unspecified atom stereocenters. The molecule has 1 fully saturated rings. The van der Waals surface area contributed by atoms with Gasteiger partial charge in [-0.3, -0.25) is 4.90 Å². The molecule has 0 radical (unpaired) electrons. The van der Waals surface area contributed by atoms with Crippen molar-refractivity contribution in [3.05, 3.63) is 28.2 Å². The van der Waals surface area contributed by atoms with Crippen molar-refractivity contribution in [1.82, 2.24) is 19.5 Å². The van der Waals surface area contributed by atoms with E-state index in [4.69, 9.17) is 16.3 Å². The number of aromatic nitrogens is 3. The van der Waals surface area contributed by atoms with Gasteiger partial charge in [0.15, 0.2) is 5.65 Å². The summed E-state index contributed by atoms with van der Waals surface area (Å²) in [6.45, 7) is 10.2. The summed E-state index contributed by atoms with van der Waals surface area (Å²) in [4.78, 5) is 19.0. The van der Waals surface area contributed by atoms with Crippen molar-refractivity contribution < 1.29 is 9.53 Å². The quantitative estimate of drug-likeness (QED) is 0.701. The third-order valence-electron chi connectivity index (χ3n) is 4.50. The van der Waals surface area contributed by atoms with Crippen molar-refractivity contribution in [2.75, 3.05) is 6.54 Å². The molecule has 6 nitrogen and oxygen atoms in total. The number of nitrogens with zero attached hydrogens (tertiary/aromatic N) is 4. The van der Waals surface area contributed by atoms with Crippen LogP contribution in [0.5, 0.6) is 0 Å². The smallest absolute Gasteiger partial charge is 0.410 e. The highest BCUT2D eigenvalue weighted by atomic mass is 35.5. The van der Waals surface area contributed by atoms with Crippen LogP contribution in [0.15, 0.2) is 6.07 Å². The molecule has 7 heteroatoms. The van der Waals surface area contributed by atoms with Gasteiger partial charge in [0.2, 0.25) is 0 Å². The van der Waals surface area contributed by atoms with Crippen molar-refractivity contribution in [1.29, 1.82) is 0 Å². The van der Waals surface area contributed by atoms with Crippen LogP contribution in [0.4, 0.5) is 4.79 Å². The lowest BCUT2D eigenvalue weighted by atomic mass is 10.00. The van der Waals surface area contributed by atoms with Gasteiger partial charge in [-0.1, -0.05) is 11.6 Å². The van der Waals surface area contributed by atoms with Crippen LogP contribution in [0.1, 0.15) is 63.0 Å². The Morgan fingerprint density at radius 2 is 2.04 bits per heavy atom.